The van der Waals surface area contributed by atoms with Gasteiger partial charge in [0.2, 0.25) is 0 Å². The third-order valence-corrected chi connectivity index (χ3v) is 2.87. The minimum Gasteiger partial charge on any atom is -0.481 e. The van der Waals surface area contributed by atoms with E-state index in [9.17, 15) is 14.5 Å². The Hall–Kier alpha value is -1.69. The van der Waals surface area contributed by atoms with E-state index in [0.29, 0.717) is 6.42 Å². The summed E-state index contributed by atoms with van der Waals surface area (Å²) in [6.07, 6.45) is 0.919. The number of methoxy groups -OCH3 is 1. The lowest BCUT2D eigenvalue weighted by Gasteiger charge is -2.23. The second-order valence-corrected chi connectivity index (χ2v) is 4.25. The lowest BCUT2D eigenvalue weighted by molar-refractivity contribution is -0.386. The number of benzene rings is 1. The van der Waals surface area contributed by atoms with Crippen molar-refractivity contribution < 1.29 is 18.8 Å². The van der Waals surface area contributed by atoms with E-state index in [1.165, 1.54) is 7.11 Å². The number of nitrogens with zero attached hydrogens (tertiary/aromatic N) is 1. The van der Waals surface area contributed by atoms with Crippen LogP contribution in [0.25, 0.3) is 0 Å². The molecule has 0 aromatic heterocycles. The van der Waals surface area contributed by atoms with Crippen LogP contribution in [0, 0.1) is 15.9 Å². The molecule has 1 unspecified atom stereocenters. The number of ether oxygens (including phenoxy) is 2. The molecule has 19 heavy (non-hydrogen) atoms. The van der Waals surface area contributed by atoms with Crippen LogP contribution >= 0.6 is 0 Å². The Kier molecular flexibility index (Phi) is 5.69. The molecule has 1 aromatic rings. The first-order valence-electron chi connectivity index (χ1n) is 6.13. The summed E-state index contributed by atoms with van der Waals surface area (Å²) < 4.78 is 23.9. The summed E-state index contributed by atoms with van der Waals surface area (Å²) in [5, 5.41) is 10.9. The number of hydrogen-bond acceptors (Lipinski definition) is 4. The first-order chi connectivity index (χ1) is 8.99. The lowest BCUT2D eigenvalue weighted by atomic mass is 10.1. The molecule has 106 valence electrons. The van der Waals surface area contributed by atoms with Crippen molar-refractivity contribution in [1.29, 1.82) is 0 Å². The van der Waals surface area contributed by atoms with Crippen LogP contribution in [0.1, 0.15) is 26.7 Å². The molecule has 0 amide bonds. The van der Waals surface area contributed by atoms with E-state index in [2.05, 4.69) is 0 Å². The highest BCUT2D eigenvalue weighted by Gasteiger charge is 2.23. The molecule has 5 nitrogen and oxygen atoms in total. The van der Waals surface area contributed by atoms with Gasteiger partial charge in [0, 0.05) is 19.2 Å². The van der Waals surface area contributed by atoms with Crippen LogP contribution in [0.5, 0.6) is 5.75 Å². The normalized spacial score (nSPS) is 13.9. The van der Waals surface area contributed by atoms with Gasteiger partial charge in [-0.1, -0.05) is 13.3 Å². The Morgan fingerprint density at radius 1 is 1.47 bits per heavy atom. The second kappa shape index (κ2) is 7.04. The van der Waals surface area contributed by atoms with Crippen LogP contribution in [-0.2, 0) is 4.74 Å². The topological polar surface area (TPSA) is 61.6 Å². The molecule has 6 heteroatoms. The minimum atomic E-state index is -0.588. The number of nitro benzene ring substituents is 1. The average molecular weight is 271 g/mol. The second-order valence-electron chi connectivity index (χ2n) is 4.25. The summed E-state index contributed by atoms with van der Waals surface area (Å²) in [5.74, 6) is -0.631. The standard InChI is InChI=1S/C13H18FNO4/c1-4-5-12(9(2)18-3)19-13-8-10(14)6-7-11(13)15(16)17/h6-9,12H,4-5H2,1-3H3/t9-,12?/m0/s1. The smallest absolute Gasteiger partial charge is 0.311 e. The highest BCUT2D eigenvalue weighted by atomic mass is 19.1. The molecule has 0 spiro atoms. The fraction of sp³-hybridized carbons (Fsp3) is 0.538. The van der Waals surface area contributed by atoms with Gasteiger partial charge in [-0.25, -0.2) is 4.39 Å². The van der Waals surface area contributed by atoms with E-state index < -0.39 is 10.7 Å². The van der Waals surface area contributed by atoms with Crippen molar-refractivity contribution in [2.45, 2.75) is 38.9 Å². The molecule has 0 aliphatic heterocycles. The van der Waals surface area contributed by atoms with E-state index in [0.717, 1.165) is 24.6 Å². The van der Waals surface area contributed by atoms with Crippen LogP contribution in [0.2, 0.25) is 0 Å². The zero-order valence-corrected chi connectivity index (χ0v) is 11.3. The van der Waals surface area contributed by atoms with E-state index in [1.54, 1.807) is 0 Å². The Balaban J connectivity index is 3.00. The van der Waals surface area contributed by atoms with Crippen LogP contribution in [0.4, 0.5) is 10.1 Å². The van der Waals surface area contributed by atoms with Gasteiger partial charge in [0.1, 0.15) is 11.9 Å². The molecule has 1 rings (SSSR count). The van der Waals surface area contributed by atoms with Gasteiger partial charge in [0.15, 0.2) is 5.75 Å². The summed E-state index contributed by atoms with van der Waals surface area (Å²) in [6.45, 7) is 3.78. The van der Waals surface area contributed by atoms with Crippen molar-refractivity contribution in [2.24, 2.45) is 0 Å². The van der Waals surface area contributed by atoms with Crippen LogP contribution in [-0.4, -0.2) is 24.2 Å². The molecule has 0 fully saturated rings. The molecule has 0 aliphatic rings. The predicted molar refractivity (Wildman–Crippen MR) is 68.8 cm³/mol. The maximum absolute atomic E-state index is 13.2. The largest absolute Gasteiger partial charge is 0.481 e. The van der Waals surface area contributed by atoms with E-state index >= 15 is 0 Å². The molecule has 0 saturated heterocycles. The fourth-order valence-electron chi connectivity index (χ4n) is 1.72. The molecule has 0 bridgehead atoms. The summed E-state index contributed by atoms with van der Waals surface area (Å²) in [7, 11) is 1.54. The van der Waals surface area contributed by atoms with Gasteiger partial charge in [-0.05, 0) is 19.4 Å². The third kappa shape index (κ3) is 4.17. The monoisotopic (exact) mass is 271 g/mol. The van der Waals surface area contributed by atoms with Gasteiger partial charge in [0.25, 0.3) is 0 Å². The van der Waals surface area contributed by atoms with E-state index in [1.807, 2.05) is 13.8 Å². The molecule has 0 aliphatic carbocycles. The summed E-state index contributed by atoms with van der Waals surface area (Å²) in [4.78, 5) is 10.3. The number of nitro groups is 1. The van der Waals surface area contributed by atoms with Crippen molar-refractivity contribution in [2.75, 3.05) is 7.11 Å². The summed E-state index contributed by atoms with van der Waals surface area (Å²) in [5.41, 5.74) is -0.245. The molecular weight excluding hydrogens is 253 g/mol. The SMILES string of the molecule is CCCC(Oc1cc(F)ccc1[N+](=O)[O-])[C@H](C)OC. The molecule has 0 heterocycles. The Labute approximate surface area is 111 Å². The van der Waals surface area contributed by atoms with Gasteiger partial charge in [-0.15, -0.1) is 0 Å². The Bertz CT molecular complexity index is 439. The molecule has 2 atom stereocenters. The maximum atomic E-state index is 13.2. The molecule has 1 aromatic carbocycles. The van der Waals surface area contributed by atoms with Crippen molar-refractivity contribution in [3.05, 3.63) is 34.1 Å². The predicted octanol–water partition coefficient (Wildman–Crippen LogP) is 3.32. The number of hydrogen-bond donors (Lipinski definition) is 0. The lowest BCUT2D eigenvalue weighted by Crippen LogP contribution is -2.31. The van der Waals surface area contributed by atoms with Gasteiger partial charge in [-0.2, -0.15) is 0 Å². The molecule has 0 saturated carbocycles. The van der Waals surface area contributed by atoms with Crippen LogP contribution < -0.4 is 4.74 Å². The van der Waals surface area contributed by atoms with Gasteiger partial charge >= 0.3 is 5.69 Å². The Morgan fingerprint density at radius 2 is 2.16 bits per heavy atom. The molecule has 0 N–H and O–H groups in total. The van der Waals surface area contributed by atoms with Crippen molar-refractivity contribution in [3.8, 4) is 5.75 Å². The molecule has 0 radical (unpaired) electrons. The fourth-order valence-corrected chi connectivity index (χ4v) is 1.72. The van der Waals surface area contributed by atoms with Crippen LogP contribution in [0.15, 0.2) is 18.2 Å². The van der Waals surface area contributed by atoms with Crippen molar-refractivity contribution >= 4 is 5.69 Å². The zero-order valence-electron chi connectivity index (χ0n) is 11.3. The molecular formula is C13H18FNO4. The highest BCUT2D eigenvalue weighted by molar-refractivity contribution is 5.46. The van der Waals surface area contributed by atoms with E-state index in [-0.39, 0.29) is 23.6 Å². The van der Waals surface area contributed by atoms with Crippen LogP contribution in [0.3, 0.4) is 0 Å². The maximum Gasteiger partial charge on any atom is 0.311 e. The van der Waals surface area contributed by atoms with Gasteiger partial charge < -0.3 is 9.47 Å². The first-order valence-corrected chi connectivity index (χ1v) is 6.13. The summed E-state index contributed by atoms with van der Waals surface area (Å²) >= 11 is 0. The average Bonchev–Trinajstić information content (AvgIpc) is 2.37. The quantitative estimate of drug-likeness (QED) is 0.563. The van der Waals surface area contributed by atoms with Gasteiger partial charge in [-0.3, -0.25) is 10.1 Å². The van der Waals surface area contributed by atoms with E-state index in [4.69, 9.17) is 9.47 Å². The van der Waals surface area contributed by atoms with Crippen molar-refractivity contribution in [3.63, 3.8) is 0 Å². The van der Waals surface area contributed by atoms with Crippen molar-refractivity contribution in [1.82, 2.24) is 0 Å². The number of rotatable bonds is 7. The highest BCUT2D eigenvalue weighted by Crippen LogP contribution is 2.29. The zero-order chi connectivity index (χ0) is 14.4. The third-order valence-electron chi connectivity index (χ3n) is 2.87. The number of halogens is 1. The minimum absolute atomic E-state index is 0.0626. The Morgan fingerprint density at radius 3 is 2.68 bits per heavy atom. The van der Waals surface area contributed by atoms with Gasteiger partial charge in [0.05, 0.1) is 11.0 Å². The first kappa shape index (κ1) is 15.4. The summed E-state index contributed by atoms with van der Waals surface area (Å²) in [6, 6.07) is 3.17.